The monoisotopic (exact) mass is 302 g/mol. The molecule has 6 heteroatoms. The Balaban J connectivity index is 2.36. The first kappa shape index (κ1) is 16.9. The zero-order chi connectivity index (χ0) is 14.8. The molecule has 0 amide bonds. The summed E-state index contributed by atoms with van der Waals surface area (Å²) in [4.78, 5) is 12.5. The lowest BCUT2D eigenvalue weighted by atomic mass is 10.3. The van der Waals surface area contributed by atoms with E-state index in [-0.39, 0.29) is 4.88 Å². The minimum absolute atomic E-state index is 0.286. The molecule has 0 aliphatic heterocycles. The Hall–Kier alpha value is -1.11. The van der Waals surface area contributed by atoms with Crippen molar-refractivity contribution in [3.05, 3.63) is 15.8 Å². The number of ether oxygens (including phenoxy) is 3. The molecule has 0 aliphatic carbocycles. The Morgan fingerprint density at radius 3 is 2.75 bits per heavy atom. The number of carboxylic acids is 1. The zero-order valence-corrected chi connectivity index (χ0v) is 12.8. The molecule has 20 heavy (non-hydrogen) atoms. The maximum Gasteiger partial charge on any atom is 0.349 e. The lowest BCUT2D eigenvalue weighted by Crippen LogP contribution is -2.07. The Morgan fingerprint density at radius 1 is 1.30 bits per heavy atom. The average molecular weight is 302 g/mol. The summed E-state index contributed by atoms with van der Waals surface area (Å²) in [6.07, 6.45) is 2.60. The maximum atomic E-state index is 11.1. The molecule has 1 rings (SSSR count). The molecule has 0 fully saturated rings. The molecule has 1 heterocycles. The van der Waals surface area contributed by atoms with Crippen molar-refractivity contribution in [3.8, 4) is 5.75 Å². The summed E-state index contributed by atoms with van der Waals surface area (Å²) >= 11 is 1.29. The van der Waals surface area contributed by atoms with Gasteiger partial charge in [0.2, 0.25) is 0 Å². The Bertz CT molecular complexity index is 402. The molecule has 1 aromatic heterocycles. The van der Waals surface area contributed by atoms with Crippen molar-refractivity contribution >= 4 is 17.3 Å². The number of rotatable bonds is 11. The first-order valence-corrected chi connectivity index (χ1v) is 7.56. The Labute approximate surface area is 123 Å². The fourth-order valence-electron chi connectivity index (χ4n) is 1.64. The molecule has 0 bridgehead atoms. The van der Waals surface area contributed by atoms with Gasteiger partial charge in [-0.15, -0.1) is 11.3 Å². The van der Waals surface area contributed by atoms with Gasteiger partial charge in [0.1, 0.15) is 5.75 Å². The average Bonchev–Trinajstić information content (AvgIpc) is 2.81. The number of carbonyl (C=O) groups is 1. The van der Waals surface area contributed by atoms with Gasteiger partial charge in [-0.3, -0.25) is 0 Å². The van der Waals surface area contributed by atoms with E-state index in [1.165, 1.54) is 11.3 Å². The van der Waals surface area contributed by atoms with Crippen LogP contribution in [0, 0.1) is 0 Å². The molecular formula is C14H22O5S. The van der Waals surface area contributed by atoms with E-state index in [9.17, 15) is 4.79 Å². The van der Waals surface area contributed by atoms with E-state index in [0.29, 0.717) is 32.2 Å². The number of hydrogen-bond donors (Lipinski definition) is 1. The van der Waals surface area contributed by atoms with Crippen molar-refractivity contribution in [2.45, 2.75) is 26.2 Å². The second-order valence-electron chi connectivity index (χ2n) is 4.27. The highest BCUT2D eigenvalue weighted by atomic mass is 32.1. The predicted octanol–water partition coefficient (Wildman–Crippen LogP) is 2.83. The van der Waals surface area contributed by atoms with Gasteiger partial charge in [0.25, 0.3) is 0 Å². The molecule has 114 valence electrons. The van der Waals surface area contributed by atoms with Crippen molar-refractivity contribution in [3.63, 3.8) is 0 Å². The third-order valence-electron chi connectivity index (χ3n) is 2.56. The number of carboxylic acid groups (broad SMARTS) is 1. The fourth-order valence-corrected chi connectivity index (χ4v) is 2.68. The van der Waals surface area contributed by atoms with Gasteiger partial charge >= 0.3 is 5.97 Å². The normalized spacial score (nSPS) is 10.7. The lowest BCUT2D eigenvalue weighted by molar-refractivity contribution is 0.0639. The number of aryl methyl sites for hydroxylation is 1. The van der Waals surface area contributed by atoms with Gasteiger partial charge in [-0.2, -0.15) is 0 Å². The summed E-state index contributed by atoms with van der Waals surface area (Å²) in [6, 6.07) is 1.84. The summed E-state index contributed by atoms with van der Waals surface area (Å²) in [5, 5.41) is 9.14. The second-order valence-corrected chi connectivity index (χ2v) is 5.41. The lowest BCUT2D eigenvalue weighted by Gasteiger charge is -2.06. The summed E-state index contributed by atoms with van der Waals surface area (Å²) < 4.78 is 15.7. The van der Waals surface area contributed by atoms with Gasteiger partial charge in [0.15, 0.2) is 4.88 Å². The fraction of sp³-hybridized carbons (Fsp3) is 0.643. The third kappa shape index (κ3) is 5.90. The van der Waals surface area contributed by atoms with Crippen LogP contribution in [0.5, 0.6) is 5.75 Å². The van der Waals surface area contributed by atoms with E-state index in [4.69, 9.17) is 19.3 Å². The molecule has 0 radical (unpaired) electrons. The molecule has 0 aliphatic rings. The first-order valence-electron chi connectivity index (χ1n) is 6.74. The molecule has 0 spiro atoms. The third-order valence-corrected chi connectivity index (χ3v) is 3.73. The molecule has 5 nitrogen and oxygen atoms in total. The van der Waals surface area contributed by atoms with Gasteiger partial charge < -0.3 is 19.3 Å². The van der Waals surface area contributed by atoms with Crippen LogP contribution < -0.4 is 4.74 Å². The van der Waals surface area contributed by atoms with Crippen LogP contribution >= 0.6 is 11.3 Å². The minimum atomic E-state index is -0.927. The van der Waals surface area contributed by atoms with Crippen LogP contribution in [0.25, 0.3) is 0 Å². The number of thiophene rings is 1. The van der Waals surface area contributed by atoms with Crippen LogP contribution in [0.4, 0.5) is 0 Å². The SMILES string of the molecule is CCCc1cc(OCCCOCCOC)c(C(=O)O)s1. The van der Waals surface area contributed by atoms with Gasteiger partial charge in [0.05, 0.1) is 19.8 Å². The van der Waals surface area contributed by atoms with E-state index in [1.54, 1.807) is 7.11 Å². The van der Waals surface area contributed by atoms with Crippen molar-refractivity contribution in [1.82, 2.24) is 0 Å². The molecule has 0 saturated heterocycles. The maximum absolute atomic E-state index is 11.1. The second kappa shape index (κ2) is 9.74. The Morgan fingerprint density at radius 2 is 2.10 bits per heavy atom. The minimum Gasteiger partial charge on any atom is -0.492 e. The molecule has 0 unspecified atom stereocenters. The highest BCUT2D eigenvalue weighted by molar-refractivity contribution is 7.14. The number of methoxy groups -OCH3 is 1. The van der Waals surface area contributed by atoms with Gasteiger partial charge in [-0.05, 0) is 12.5 Å². The highest BCUT2D eigenvalue weighted by Crippen LogP contribution is 2.30. The van der Waals surface area contributed by atoms with Crippen LogP contribution in [0.1, 0.15) is 34.3 Å². The topological polar surface area (TPSA) is 65.0 Å². The van der Waals surface area contributed by atoms with Crippen LogP contribution in [0.2, 0.25) is 0 Å². The number of aromatic carboxylic acids is 1. The van der Waals surface area contributed by atoms with Crippen molar-refractivity contribution < 1.29 is 24.1 Å². The first-order chi connectivity index (χ1) is 9.69. The summed E-state index contributed by atoms with van der Waals surface area (Å²) in [6.45, 7) is 4.25. The van der Waals surface area contributed by atoms with Crippen molar-refractivity contribution in [1.29, 1.82) is 0 Å². The van der Waals surface area contributed by atoms with E-state index in [1.807, 2.05) is 6.07 Å². The zero-order valence-electron chi connectivity index (χ0n) is 12.0. The van der Waals surface area contributed by atoms with Crippen molar-refractivity contribution in [2.24, 2.45) is 0 Å². The molecule has 1 aromatic rings. The molecule has 1 N–H and O–H groups in total. The summed E-state index contributed by atoms with van der Waals surface area (Å²) in [7, 11) is 1.63. The molecular weight excluding hydrogens is 280 g/mol. The largest absolute Gasteiger partial charge is 0.492 e. The van der Waals surface area contributed by atoms with Crippen molar-refractivity contribution in [2.75, 3.05) is 33.5 Å². The van der Waals surface area contributed by atoms with E-state index < -0.39 is 5.97 Å². The van der Waals surface area contributed by atoms with Gasteiger partial charge in [0, 0.05) is 25.0 Å². The van der Waals surface area contributed by atoms with Crippen LogP contribution in [0.3, 0.4) is 0 Å². The van der Waals surface area contributed by atoms with E-state index in [2.05, 4.69) is 6.92 Å². The smallest absolute Gasteiger partial charge is 0.349 e. The molecule has 0 aromatic carbocycles. The van der Waals surface area contributed by atoms with Gasteiger partial charge in [-0.1, -0.05) is 13.3 Å². The number of hydrogen-bond acceptors (Lipinski definition) is 5. The Kier molecular flexibility index (Phi) is 8.25. The van der Waals surface area contributed by atoms with Gasteiger partial charge in [-0.25, -0.2) is 4.79 Å². The predicted molar refractivity (Wildman–Crippen MR) is 78.1 cm³/mol. The standard InChI is InChI=1S/C14H22O5S/c1-3-5-11-10-12(13(20-11)14(15)16)19-7-4-6-18-9-8-17-2/h10H,3-9H2,1-2H3,(H,15,16). The summed E-state index contributed by atoms with van der Waals surface area (Å²) in [5.74, 6) is -0.452. The highest BCUT2D eigenvalue weighted by Gasteiger charge is 2.16. The molecule has 0 atom stereocenters. The van der Waals surface area contributed by atoms with Crippen LogP contribution in [-0.2, 0) is 15.9 Å². The van der Waals surface area contributed by atoms with E-state index in [0.717, 1.165) is 24.1 Å². The van der Waals surface area contributed by atoms with E-state index >= 15 is 0 Å². The molecule has 0 saturated carbocycles. The quantitative estimate of drug-likeness (QED) is 0.637. The van der Waals surface area contributed by atoms with Crippen LogP contribution in [-0.4, -0.2) is 44.6 Å². The van der Waals surface area contributed by atoms with Crippen LogP contribution in [0.15, 0.2) is 6.07 Å². The summed E-state index contributed by atoms with van der Waals surface area (Å²) in [5.41, 5.74) is 0.